The van der Waals surface area contributed by atoms with E-state index in [2.05, 4.69) is 0 Å². The van der Waals surface area contributed by atoms with Crippen LogP contribution in [0.5, 0.6) is 0 Å². The van der Waals surface area contributed by atoms with Crippen LogP contribution in [0.4, 0.5) is 5.69 Å². The lowest BCUT2D eigenvalue weighted by molar-refractivity contribution is -0.384. The van der Waals surface area contributed by atoms with Gasteiger partial charge < -0.3 is 10.5 Å². The van der Waals surface area contributed by atoms with Crippen molar-refractivity contribution in [3.63, 3.8) is 0 Å². The first-order valence-corrected chi connectivity index (χ1v) is 7.11. The summed E-state index contributed by atoms with van der Waals surface area (Å²) in [5, 5.41) is 20.4. The van der Waals surface area contributed by atoms with Crippen LogP contribution in [-0.2, 0) is 9.53 Å². The predicted octanol–water partition coefficient (Wildman–Crippen LogP) is 2.41. The summed E-state index contributed by atoms with van der Waals surface area (Å²) in [6.45, 7) is 0. The van der Waals surface area contributed by atoms with E-state index in [0.717, 1.165) is 0 Å². The minimum absolute atomic E-state index is 0.0440. The molecule has 0 saturated carbocycles. The summed E-state index contributed by atoms with van der Waals surface area (Å²) in [7, 11) is 0. The summed E-state index contributed by atoms with van der Waals surface area (Å²) >= 11 is 0. The summed E-state index contributed by atoms with van der Waals surface area (Å²) in [5.41, 5.74) is 6.71. The molecule has 1 aliphatic heterocycles. The molecule has 2 N–H and O–H groups in total. The number of rotatable bonds is 2. The molecule has 0 fully saturated rings. The van der Waals surface area contributed by atoms with Gasteiger partial charge in [0.25, 0.3) is 5.69 Å². The molecule has 0 aromatic heterocycles. The molecule has 23 heavy (non-hydrogen) atoms. The number of carbonyl (C=O) groups is 1. The molecule has 0 radical (unpaired) electrons. The standard InChI is InChI=1S/C16H13N3O4/c17-8-11-14(9-3-1-4-10(7-9)19(21)22)15-12(20)5-2-6-13(15)23-16(11)18/h1,3-4,7,14H,2,5-6,18H2. The number of carbonyl (C=O) groups excluding carboxylic acids is 1. The predicted molar refractivity (Wildman–Crippen MR) is 79.6 cm³/mol. The van der Waals surface area contributed by atoms with Crippen LogP contribution in [0.25, 0.3) is 0 Å². The molecule has 3 rings (SSSR count). The summed E-state index contributed by atoms with van der Waals surface area (Å²) in [6.07, 6.45) is 1.59. The monoisotopic (exact) mass is 311 g/mol. The van der Waals surface area contributed by atoms with Gasteiger partial charge in [0.2, 0.25) is 5.88 Å². The third-order valence-corrected chi connectivity index (χ3v) is 4.02. The molecule has 0 saturated heterocycles. The van der Waals surface area contributed by atoms with E-state index in [4.69, 9.17) is 10.5 Å². The van der Waals surface area contributed by atoms with Gasteiger partial charge >= 0.3 is 0 Å². The lowest BCUT2D eigenvalue weighted by Crippen LogP contribution is -2.27. The number of benzene rings is 1. The average Bonchev–Trinajstić information content (AvgIpc) is 2.54. The fourth-order valence-corrected chi connectivity index (χ4v) is 3.01. The molecule has 1 aromatic carbocycles. The summed E-state index contributed by atoms with van der Waals surface area (Å²) in [5.74, 6) is -0.397. The number of nitro groups is 1. The second-order valence-corrected chi connectivity index (χ2v) is 5.39. The molecule has 116 valence electrons. The van der Waals surface area contributed by atoms with Crippen LogP contribution in [-0.4, -0.2) is 10.7 Å². The highest BCUT2D eigenvalue weighted by Crippen LogP contribution is 2.43. The van der Waals surface area contributed by atoms with Crippen molar-refractivity contribution >= 4 is 11.5 Å². The molecule has 7 heteroatoms. The maximum Gasteiger partial charge on any atom is 0.269 e. The Balaban J connectivity index is 2.19. The van der Waals surface area contributed by atoms with Crippen molar-refractivity contribution in [3.8, 4) is 6.07 Å². The molecule has 0 amide bonds. The first kappa shape index (κ1) is 14.8. The molecule has 7 nitrogen and oxygen atoms in total. The zero-order valence-electron chi connectivity index (χ0n) is 12.1. The number of nitro benzene ring substituents is 1. The van der Waals surface area contributed by atoms with E-state index in [0.29, 0.717) is 36.2 Å². The largest absolute Gasteiger partial charge is 0.444 e. The van der Waals surface area contributed by atoms with Crippen molar-refractivity contribution in [2.75, 3.05) is 0 Å². The molecule has 2 aliphatic rings. The molecule has 1 aromatic rings. The van der Waals surface area contributed by atoms with E-state index in [1.807, 2.05) is 6.07 Å². The summed E-state index contributed by atoms with van der Waals surface area (Å²) in [6, 6.07) is 7.89. The SMILES string of the molecule is N#CC1=C(N)OC2=C(C(=O)CCC2)C1c1cccc([N+](=O)[O-])c1. The van der Waals surface area contributed by atoms with Crippen LogP contribution in [0.2, 0.25) is 0 Å². The van der Waals surface area contributed by atoms with Gasteiger partial charge in [-0.05, 0) is 12.0 Å². The van der Waals surface area contributed by atoms with Crippen LogP contribution < -0.4 is 5.73 Å². The number of nitriles is 1. The zero-order chi connectivity index (χ0) is 16.6. The Bertz CT molecular complexity index is 817. The molecular weight excluding hydrogens is 298 g/mol. The second kappa shape index (κ2) is 5.57. The topological polar surface area (TPSA) is 119 Å². The van der Waals surface area contributed by atoms with E-state index in [1.165, 1.54) is 18.2 Å². The number of ketones is 1. The minimum Gasteiger partial charge on any atom is -0.444 e. The quantitative estimate of drug-likeness (QED) is 0.661. The normalized spacial score (nSPS) is 20.7. The zero-order valence-corrected chi connectivity index (χ0v) is 12.1. The minimum atomic E-state index is -0.712. The summed E-state index contributed by atoms with van der Waals surface area (Å²) in [4.78, 5) is 22.8. The number of hydrogen-bond donors (Lipinski definition) is 1. The summed E-state index contributed by atoms with van der Waals surface area (Å²) < 4.78 is 5.45. The van der Waals surface area contributed by atoms with E-state index in [9.17, 15) is 20.2 Å². The number of allylic oxidation sites excluding steroid dienone is 3. The fourth-order valence-electron chi connectivity index (χ4n) is 3.01. The lowest BCUT2D eigenvalue weighted by Gasteiger charge is -2.30. The Labute approximate surface area is 131 Å². The van der Waals surface area contributed by atoms with Crippen LogP contribution in [0.1, 0.15) is 30.7 Å². The van der Waals surface area contributed by atoms with Gasteiger partial charge in [-0.15, -0.1) is 0 Å². The van der Waals surface area contributed by atoms with Gasteiger partial charge in [-0.1, -0.05) is 12.1 Å². The third kappa shape index (κ3) is 2.44. The molecule has 1 atom stereocenters. The van der Waals surface area contributed by atoms with Crippen LogP contribution in [0, 0.1) is 21.4 Å². The molecule has 1 aliphatic carbocycles. The number of hydrogen-bond acceptors (Lipinski definition) is 6. The van der Waals surface area contributed by atoms with E-state index in [-0.39, 0.29) is 22.9 Å². The highest BCUT2D eigenvalue weighted by Gasteiger charge is 2.38. The van der Waals surface area contributed by atoms with Gasteiger partial charge in [-0.3, -0.25) is 14.9 Å². The van der Waals surface area contributed by atoms with E-state index < -0.39 is 10.8 Å². The maximum absolute atomic E-state index is 12.4. The van der Waals surface area contributed by atoms with Crippen molar-refractivity contribution in [3.05, 3.63) is 62.7 Å². The Hall–Kier alpha value is -3.14. The first-order chi connectivity index (χ1) is 11.0. The Morgan fingerprint density at radius 2 is 2.17 bits per heavy atom. The maximum atomic E-state index is 12.4. The van der Waals surface area contributed by atoms with Gasteiger partial charge in [-0.2, -0.15) is 5.26 Å². The third-order valence-electron chi connectivity index (χ3n) is 4.02. The van der Waals surface area contributed by atoms with Gasteiger partial charge in [0.05, 0.1) is 10.8 Å². The molecule has 1 heterocycles. The average molecular weight is 311 g/mol. The van der Waals surface area contributed by atoms with Crippen LogP contribution in [0.15, 0.2) is 47.1 Å². The van der Waals surface area contributed by atoms with Crippen LogP contribution in [0.3, 0.4) is 0 Å². The highest BCUT2D eigenvalue weighted by molar-refractivity contribution is 5.99. The van der Waals surface area contributed by atoms with Crippen LogP contribution >= 0.6 is 0 Å². The van der Waals surface area contributed by atoms with Crippen molar-refractivity contribution in [1.82, 2.24) is 0 Å². The number of nitrogens with zero attached hydrogens (tertiary/aromatic N) is 2. The Morgan fingerprint density at radius 3 is 2.87 bits per heavy atom. The van der Waals surface area contributed by atoms with Crippen molar-refractivity contribution in [2.45, 2.75) is 25.2 Å². The van der Waals surface area contributed by atoms with Crippen molar-refractivity contribution < 1.29 is 14.5 Å². The highest BCUT2D eigenvalue weighted by atomic mass is 16.6. The van der Waals surface area contributed by atoms with E-state index >= 15 is 0 Å². The first-order valence-electron chi connectivity index (χ1n) is 7.11. The lowest BCUT2D eigenvalue weighted by atomic mass is 9.77. The second-order valence-electron chi connectivity index (χ2n) is 5.39. The fraction of sp³-hybridized carbons (Fsp3) is 0.250. The number of ether oxygens (including phenoxy) is 1. The Kier molecular flexibility index (Phi) is 3.58. The molecular formula is C16H13N3O4. The molecule has 1 unspecified atom stereocenters. The van der Waals surface area contributed by atoms with Crippen molar-refractivity contribution in [2.24, 2.45) is 5.73 Å². The van der Waals surface area contributed by atoms with Crippen molar-refractivity contribution in [1.29, 1.82) is 5.26 Å². The number of non-ortho nitro benzene ring substituents is 1. The van der Waals surface area contributed by atoms with Gasteiger partial charge in [0.15, 0.2) is 5.78 Å². The van der Waals surface area contributed by atoms with Gasteiger partial charge in [0.1, 0.15) is 17.4 Å². The van der Waals surface area contributed by atoms with E-state index in [1.54, 1.807) is 6.07 Å². The number of nitrogens with two attached hydrogens (primary N) is 1. The number of Topliss-reactive ketones (excluding diaryl/α,β-unsaturated/α-hetero) is 1. The smallest absolute Gasteiger partial charge is 0.269 e. The van der Waals surface area contributed by atoms with Gasteiger partial charge in [-0.25, -0.2) is 0 Å². The molecule has 0 bridgehead atoms. The molecule has 0 spiro atoms. The Morgan fingerprint density at radius 1 is 1.39 bits per heavy atom. The van der Waals surface area contributed by atoms with Gasteiger partial charge in [0, 0.05) is 30.5 Å².